The zero-order valence-electron chi connectivity index (χ0n) is 10.5. The van der Waals surface area contributed by atoms with Gasteiger partial charge in [0.2, 0.25) is 5.91 Å². The number of hydrogen-bond acceptors (Lipinski definition) is 3. The van der Waals surface area contributed by atoms with E-state index >= 15 is 0 Å². The Kier molecular flexibility index (Phi) is 3.04. The zero-order valence-corrected chi connectivity index (χ0v) is 10.5. The molecule has 1 fully saturated rings. The molecule has 1 heterocycles. The molecule has 0 radical (unpaired) electrons. The van der Waals surface area contributed by atoms with Gasteiger partial charge in [-0.25, -0.2) is 22.9 Å². The van der Waals surface area contributed by atoms with E-state index in [1.165, 1.54) is 13.8 Å². The number of hydrogen-bond donors (Lipinski definition) is 1. The minimum Gasteiger partial charge on any atom is -0.276 e. The van der Waals surface area contributed by atoms with E-state index < -0.39 is 46.4 Å². The molecule has 106 valence electrons. The van der Waals surface area contributed by atoms with Crippen LogP contribution >= 0.6 is 0 Å². The molecule has 1 aliphatic rings. The molecule has 1 N–H and O–H groups in total. The molecule has 1 aromatic rings. The first kappa shape index (κ1) is 14.0. The van der Waals surface area contributed by atoms with Crippen LogP contribution in [0.15, 0.2) is 12.1 Å². The summed E-state index contributed by atoms with van der Waals surface area (Å²) in [6.45, 7) is 2.40. The van der Waals surface area contributed by atoms with Crippen molar-refractivity contribution in [1.29, 1.82) is 0 Å². The summed E-state index contributed by atoms with van der Waals surface area (Å²) in [7, 11) is 0. The molecule has 20 heavy (non-hydrogen) atoms. The minimum atomic E-state index is -1.68. The first-order chi connectivity index (χ1) is 9.16. The van der Waals surface area contributed by atoms with Gasteiger partial charge in [-0.3, -0.25) is 14.9 Å². The van der Waals surface area contributed by atoms with Gasteiger partial charge < -0.3 is 0 Å². The average Bonchev–Trinajstić information content (AvgIpc) is 2.30. The van der Waals surface area contributed by atoms with Crippen LogP contribution in [0, 0.1) is 22.9 Å². The predicted molar refractivity (Wildman–Crippen MR) is 61.1 cm³/mol. The molecule has 1 aromatic carbocycles. The van der Waals surface area contributed by atoms with E-state index in [4.69, 9.17) is 0 Å². The van der Waals surface area contributed by atoms with Crippen molar-refractivity contribution < 1.29 is 27.6 Å². The Balaban J connectivity index is 2.60. The third kappa shape index (κ3) is 1.93. The number of nitrogens with one attached hydrogen (secondary N) is 1. The maximum absolute atomic E-state index is 13.7. The summed E-state index contributed by atoms with van der Waals surface area (Å²) in [6, 6.07) is -0.617. The first-order valence-corrected chi connectivity index (χ1v) is 5.50. The highest BCUT2D eigenvalue weighted by Gasteiger charge is 2.49. The van der Waals surface area contributed by atoms with Gasteiger partial charge in [-0.1, -0.05) is 0 Å². The second kappa shape index (κ2) is 4.32. The number of benzene rings is 1. The van der Waals surface area contributed by atoms with Crippen LogP contribution in [0.2, 0.25) is 0 Å². The van der Waals surface area contributed by atoms with Gasteiger partial charge >= 0.3 is 6.03 Å². The second-order valence-corrected chi connectivity index (χ2v) is 4.74. The van der Waals surface area contributed by atoms with E-state index in [0.717, 1.165) is 0 Å². The van der Waals surface area contributed by atoms with Crippen LogP contribution in [0.3, 0.4) is 0 Å². The van der Waals surface area contributed by atoms with E-state index in [1.807, 2.05) is 5.32 Å². The van der Waals surface area contributed by atoms with Crippen molar-refractivity contribution in [3.05, 3.63) is 29.6 Å². The van der Waals surface area contributed by atoms with Crippen molar-refractivity contribution in [2.24, 2.45) is 5.41 Å². The highest BCUT2D eigenvalue weighted by atomic mass is 19.1. The maximum atomic E-state index is 13.7. The third-order valence-corrected chi connectivity index (χ3v) is 2.93. The Labute approximate surface area is 111 Å². The highest BCUT2D eigenvalue weighted by Crippen LogP contribution is 2.31. The Hall–Kier alpha value is -2.38. The Morgan fingerprint density at radius 2 is 1.55 bits per heavy atom. The smallest absolute Gasteiger partial charge is 0.276 e. The van der Waals surface area contributed by atoms with Crippen molar-refractivity contribution in [2.45, 2.75) is 13.8 Å². The monoisotopic (exact) mass is 286 g/mol. The van der Waals surface area contributed by atoms with Crippen LogP contribution in [0.5, 0.6) is 0 Å². The first-order valence-electron chi connectivity index (χ1n) is 5.50. The average molecular weight is 286 g/mol. The van der Waals surface area contributed by atoms with Gasteiger partial charge in [-0.15, -0.1) is 0 Å². The lowest BCUT2D eigenvalue weighted by Gasteiger charge is -2.34. The molecule has 0 aliphatic carbocycles. The lowest BCUT2D eigenvalue weighted by molar-refractivity contribution is -0.140. The van der Waals surface area contributed by atoms with E-state index in [2.05, 4.69) is 0 Å². The van der Waals surface area contributed by atoms with Gasteiger partial charge in [0.15, 0.2) is 11.6 Å². The minimum absolute atomic E-state index is 0.158. The van der Waals surface area contributed by atoms with Crippen LogP contribution in [-0.4, -0.2) is 17.8 Å². The molecule has 0 spiro atoms. The molecule has 0 unspecified atom stereocenters. The summed E-state index contributed by atoms with van der Waals surface area (Å²) in [5, 5.41) is 1.82. The summed E-state index contributed by atoms with van der Waals surface area (Å²) in [6.07, 6.45) is 0. The summed E-state index contributed by atoms with van der Waals surface area (Å²) in [5.74, 6) is -6.02. The molecule has 0 bridgehead atoms. The second-order valence-electron chi connectivity index (χ2n) is 4.74. The van der Waals surface area contributed by atoms with E-state index in [1.54, 1.807) is 0 Å². The summed E-state index contributed by atoms with van der Waals surface area (Å²) >= 11 is 0. The largest absolute Gasteiger partial charge is 0.335 e. The third-order valence-electron chi connectivity index (χ3n) is 2.93. The number of urea groups is 1. The number of nitrogens with zero attached hydrogens (tertiary/aromatic N) is 1. The molecule has 0 saturated carbocycles. The molecule has 1 saturated heterocycles. The lowest BCUT2D eigenvalue weighted by atomic mass is 9.88. The fraction of sp³-hybridized carbons (Fsp3) is 0.250. The fourth-order valence-corrected chi connectivity index (χ4v) is 1.73. The number of rotatable bonds is 1. The van der Waals surface area contributed by atoms with E-state index in [0.29, 0.717) is 12.1 Å². The van der Waals surface area contributed by atoms with Gasteiger partial charge in [0, 0.05) is 12.1 Å². The van der Waals surface area contributed by atoms with Crippen molar-refractivity contribution >= 4 is 23.5 Å². The number of carbonyl (C=O) groups is 3. The molecule has 8 heteroatoms. The summed E-state index contributed by atoms with van der Waals surface area (Å²) in [4.78, 5) is 35.4. The number of amides is 4. The number of barbiturate groups is 1. The molecule has 5 nitrogen and oxygen atoms in total. The summed E-state index contributed by atoms with van der Waals surface area (Å²) < 4.78 is 40.2. The Bertz CT molecular complexity index is 620. The van der Waals surface area contributed by atoms with Crippen LogP contribution < -0.4 is 10.2 Å². The van der Waals surface area contributed by atoms with E-state index in [-0.39, 0.29) is 4.90 Å². The molecular weight excluding hydrogens is 277 g/mol. The normalized spacial score (nSPS) is 18.2. The quantitative estimate of drug-likeness (QED) is 0.799. The molecular formula is C12H9F3N2O3. The lowest BCUT2D eigenvalue weighted by Crippen LogP contribution is -2.62. The van der Waals surface area contributed by atoms with Crippen molar-refractivity contribution in [3.8, 4) is 0 Å². The SMILES string of the molecule is CC1(C)C(=O)NC(=O)N(c2c(F)cc(F)cc2F)C1=O. The van der Waals surface area contributed by atoms with Crippen molar-refractivity contribution in [2.75, 3.05) is 4.90 Å². The van der Waals surface area contributed by atoms with E-state index in [9.17, 15) is 27.6 Å². The zero-order chi connectivity index (χ0) is 15.2. The molecule has 0 aromatic heterocycles. The standard InChI is InChI=1S/C12H9F3N2O3/c1-12(2)9(18)16-11(20)17(10(12)19)8-6(14)3-5(13)4-7(8)15/h3-4H,1-2H3,(H,16,18,20). The van der Waals surface area contributed by atoms with Crippen LogP contribution in [0.1, 0.15) is 13.8 Å². The highest BCUT2D eigenvalue weighted by molar-refractivity contribution is 6.29. The van der Waals surface area contributed by atoms with Crippen LogP contribution in [0.25, 0.3) is 0 Å². The van der Waals surface area contributed by atoms with Crippen LogP contribution in [0.4, 0.5) is 23.7 Å². The number of halogens is 3. The van der Waals surface area contributed by atoms with Crippen molar-refractivity contribution in [1.82, 2.24) is 5.32 Å². The Morgan fingerprint density at radius 1 is 1.05 bits per heavy atom. The molecule has 4 amide bonds. The molecule has 1 aliphatic heterocycles. The van der Waals surface area contributed by atoms with Crippen molar-refractivity contribution in [3.63, 3.8) is 0 Å². The fourth-order valence-electron chi connectivity index (χ4n) is 1.73. The number of imide groups is 2. The Morgan fingerprint density at radius 3 is 2.05 bits per heavy atom. The van der Waals surface area contributed by atoms with Gasteiger partial charge in [-0.2, -0.15) is 0 Å². The van der Waals surface area contributed by atoms with Crippen LogP contribution in [-0.2, 0) is 9.59 Å². The maximum Gasteiger partial charge on any atom is 0.335 e. The predicted octanol–water partition coefficient (Wildman–Crippen LogP) is 1.71. The van der Waals surface area contributed by atoms with Gasteiger partial charge in [0.25, 0.3) is 5.91 Å². The number of anilines is 1. The molecule has 2 rings (SSSR count). The number of carbonyl (C=O) groups excluding carboxylic acids is 3. The van der Waals surface area contributed by atoms with Gasteiger partial charge in [0.05, 0.1) is 0 Å². The topological polar surface area (TPSA) is 66.5 Å². The van der Waals surface area contributed by atoms with Gasteiger partial charge in [0.1, 0.15) is 16.9 Å². The summed E-state index contributed by atoms with van der Waals surface area (Å²) in [5.41, 5.74) is -2.70. The molecule has 0 atom stereocenters. The van der Waals surface area contributed by atoms with Gasteiger partial charge in [-0.05, 0) is 13.8 Å².